The SMILES string of the molecule is CCOC(=O)C(C#N)=CNc1cccc(OCc2ccccc2)c1. The van der Waals surface area contributed by atoms with Crippen molar-refractivity contribution in [2.24, 2.45) is 0 Å². The van der Waals surface area contributed by atoms with Crippen molar-refractivity contribution in [2.75, 3.05) is 11.9 Å². The molecule has 0 unspecified atom stereocenters. The summed E-state index contributed by atoms with van der Waals surface area (Å²) in [5.41, 5.74) is 1.69. The number of nitriles is 1. The third-order valence-corrected chi connectivity index (χ3v) is 3.08. The van der Waals surface area contributed by atoms with Crippen molar-refractivity contribution < 1.29 is 14.3 Å². The van der Waals surface area contributed by atoms with E-state index in [0.717, 1.165) is 5.56 Å². The first-order valence-electron chi connectivity index (χ1n) is 7.53. The highest BCUT2D eigenvalue weighted by molar-refractivity contribution is 5.93. The Morgan fingerprint density at radius 2 is 2.00 bits per heavy atom. The van der Waals surface area contributed by atoms with Crippen molar-refractivity contribution in [2.45, 2.75) is 13.5 Å². The molecular weight excluding hydrogens is 304 g/mol. The highest BCUT2D eigenvalue weighted by atomic mass is 16.5. The van der Waals surface area contributed by atoms with Gasteiger partial charge in [-0.2, -0.15) is 5.26 Å². The molecule has 5 heteroatoms. The van der Waals surface area contributed by atoms with Crippen molar-refractivity contribution >= 4 is 11.7 Å². The number of ether oxygens (including phenoxy) is 2. The predicted octanol–water partition coefficient (Wildman–Crippen LogP) is 3.65. The Kier molecular flexibility index (Phi) is 6.42. The van der Waals surface area contributed by atoms with E-state index in [4.69, 9.17) is 14.7 Å². The summed E-state index contributed by atoms with van der Waals surface area (Å²) < 4.78 is 10.5. The first-order chi connectivity index (χ1) is 11.7. The van der Waals surface area contributed by atoms with Gasteiger partial charge in [-0.25, -0.2) is 4.79 Å². The zero-order valence-corrected chi connectivity index (χ0v) is 13.4. The van der Waals surface area contributed by atoms with Gasteiger partial charge in [-0.15, -0.1) is 0 Å². The van der Waals surface area contributed by atoms with Crippen LogP contribution >= 0.6 is 0 Å². The predicted molar refractivity (Wildman–Crippen MR) is 91.2 cm³/mol. The van der Waals surface area contributed by atoms with Gasteiger partial charge in [0.2, 0.25) is 0 Å². The summed E-state index contributed by atoms with van der Waals surface area (Å²) in [7, 11) is 0. The number of anilines is 1. The van der Waals surface area contributed by atoms with E-state index in [1.165, 1.54) is 6.20 Å². The maximum absolute atomic E-state index is 11.5. The van der Waals surface area contributed by atoms with Crippen molar-refractivity contribution in [3.63, 3.8) is 0 Å². The second-order valence-corrected chi connectivity index (χ2v) is 4.84. The summed E-state index contributed by atoms with van der Waals surface area (Å²) in [5, 5.41) is 11.9. The molecule has 0 spiro atoms. The first kappa shape index (κ1) is 17.1. The Morgan fingerprint density at radius 3 is 2.71 bits per heavy atom. The van der Waals surface area contributed by atoms with Gasteiger partial charge in [-0.3, -0.25) is 0 Å². The molecule has 0 amide bonds. The van der Waals surface area contributed by atoms with E-state index in [-0.39, 0.29) is 12.2 Å². The average Bonchev–Trinajstić information content (AvgIpc) is 2.62. The smallest absolute Gasteiger partial charge is 0.350 e. The van der Waals surface area contributed by atoms with Crippen LogP contribution in [0.3, 0.4) is 0 Å². The number of nitrogens with zero attached hydrogens (tertiary/aromatic N) is 1. The Bertz CT molecular complexity index is 749. The lowest BCUT2D eigenvalue weighted by atomic mass is 10.2. The minimum absolute atomic E-state index is 0.0903. The topological polar surface area (TPSA) is 71.4 Å². The quantitative estimate of drug-likeness (QED) is 0.478. The van der Waals surface area contributed by atoms with Gasteiger partial charge in [0.15, 0.2) is 5.57 Å². The molecule has 2 aromatic rings. The molecule has 2 aromatic carbocycles. The van der Waals surface area contributed by atoms with Gasteiger partial charge >= 0.3 is 5.97 Å². The normalized spacial score (nSPS) is 10.6. The summed E-state index contributed by atoms with van der Waals surface area (Å²) in [6, 6.07) is 18.9. The van der Waals surface area contributed by atoms with Crippen molar-refractivity contribution in [1.29, 1.82) is 5.26 Å². The van der Waals surface area contributed by atoms with Crippen molar-refractivity contribution in [3.8, 4) is 11.8 Å². The minimum Gasteiger partial charge on any atom is -0.489 e. The Balaban J connectivity index is 1.99. The molecule has 0 aliphatic carbocycles. The molecule has 0 atom stereocenters. The highest BCUT2D eigenvalue weighted by Crippen LogP contribution is 2.19. The van der Waals surface area contributed by atoms with Crippen LogP contribution in [0.4, 0.5) is 5.69 Å². The van der Waals surface area contributed by atoms with Gasteiger partial charge in [0.1, 0.15) is 18.4 Å². The monoisotopic (exact) mass is 322 g/mol. The molecule has 0 aliphatic rings. The van der Waals surface area contributed by atoms with Gasteiger partial charge in [0, 0.05) is 18.0 Å². The molecule has 0 aliphatic heterocycles. The molecule has 0 saturated heterocycles. The highest BCUT2D eigenvalue weighted by Gasteiger charge is 2.09. The van der Waals surface area contributed by atoms with E-state index >= 15 is 0 Å². The lowest BCUT2D eigenvalue weighted by Crippen LogP contribution is -2.07. The van der Waals surface area contributed by atoms with Crippen molar-refractivity contribution in [1.82, 2.24) is 0 Å². The zero-order valence-electron chi connectivity index (χ0n) is 13.4. The van der Waals surface area contributed by atoms with Crippen LogP contribution in [0.5, 0.6) is 5.75 Å². The van der Waals surface area contributed by atoms with Crippen molar-refractivity contribution in [3.05, 3.63) is 71.9 Å². The Hall–Kier alpha value is -3.26. The van der Waals surface area contributed by atoms with Crippen LogP contribution < -0.4 is 10.1 Å². The van der Waals surface area contributed by atoms with Gasteiger partial charge in [-0.05, 0) is 24.6 Å². The standard InChI is InChI=1S/C19H18N2O3/c1-2-23-19(22)16(12-20)13-21-17-9-6-10-18(11-17)24-14-15-7-4-3-5-8-15/h3-11,13,21H,2,14H2,1H3. The lowest BCUT2D eigenvalue weighted by Gasteiger charge is -2.08. The number of nitrogens with one attached hydrogen (secondary N) is 1. The maximum Gasteiger partial charge on any atom is 0.350 e. The molecule has 0 saturated carbocycles. The third-order valence-electron chi connectivity index (χ3n) is 3.08. The maximum atomic E-state index is 11.5. The second kappa shape index (κ2) is 9.01. The van der Waals surface area contributed by atoms with Crippen LogP contribution in [0.25, 0.3) is 0 Å². The molecule has 0 bridgehead atoms. The fourth-order valence-corrected chi connectivity index (χ4v) is 1.92. The van der Waals surface area contributed by atoms with E-state index in [1.54, 1.807) is 13.0 Å². The molecule has 0 aromatic heterocycles. The fraction of sp³-hybridized carbons (Fsp3) is 0.158. The van der Waals surface area contributed by atoms with Crippen LogP contribution in [0, 0.1) is 11.3 Å². The van der Waals surface area contributed by atoms with E-state index in [2.05, 4.69) is 5.32 Å². The minimum atomic E-state index is -0.649. The fourth-order valence-electron chi connectivity index (χ4n) is 1.92. The summed E-state index contributed by atoms with van der Waals surface area (Å²) >= 11 is 0. The average molecular weight is 322 g/mol. The number of hydrogen-bond donors (Lipinski definition) is 1. The molecule has 1 N–H and O–H groups in total. The molecule has 5 nitrogen and oxygen atoms in total. The van der Waals surface area contributed by atoms with E-state index in [9.17, 15) is 4.79 Å². The molecule has 24 heavy (non-hydrogen) atoms. The number of carbonyl (C=O) groups excluding carboxylic acids is 1. The van der Waals surface area contributed by atoms with Crippen LogP contribution in [-0.4, -0.2) is 12.6 Å². The van der Waals surface area contributed by atoms with Gasteiger partial charge in [0.05, 0.1) is 6.61 Å². The lowest BCUT2D eigenvalue weighted by molar-refractivity contribution is -0.138. The molecule has 122 valence electrons. The van der Waals surface area contributed by atoms with Gasteiger partial charge < -0.3 is 14.8 Å². The van der Waals surface area contributed by atoms with Gasteiger partial charge in [0.25, 0.3) is 0 Å². The molecule has 0 radical (unpaired) electrons. The largest absolute Gasteiger partial charge is 0.489 e. The second-order valence-electron chi connectivity index (χ2n) is 4.84. The molecule has 0 fully saturated rings. The summed E-state index contributed by atoms with van der Waals surface area (Å²) in [6.07, 6.45) is 1.33. The van der Waals surface area contributed by atoms with E-state index < -0.39 is 5.97 Å². The van der Waals surface area contributed by atoms with Crippen LogP contribution in [0.2, 0.25) is 0 Å². The van der Waals surface area contributed by atoms with Crippen LogP contribution in [0.1, 0.15) is 12.5 Å². The number of rotatable bonds is 7. The third kappa shape index (κ3) is 5.18. The van der Waals surface area contributed by atoms with E-state index in [0.29, 0.717) is 18.0 Å². The molecule has 0 heterocycles. The molecule has 2 rings (SSSR count). The van der Waals surface area contributed by atoms with Crippen LogP contribution in [-0.2, 0) is 16.1 Å². The summed E-state index contributed by atoms with van der Waals surface area (Å²) in [5.74, 6) is 0.0378. The van der Waals surface area contributed by atoms with Gasteiger partial charge in [-0.1, -0.05) is 36.4 Å². The molecular formula is C19H18N2O3. The summed E-state index contributed by atoms with van der Waals surface area (Å²) in [6.45, 7) is 2.38. The zero-order chi connectivity index (χ0) is 17.2. The number of carbonyl (C=O) groups is 1. The number of esters is 1. The summed E-state index contributed by atoms with van der Waals surface area (Å²) in [4.78, 5) is 11.5. The Morgan fingerprint density at radius 1 is 1.21 bits per heavy atom. The Labute approximate surface area is 141 Å². The van der Waals surface area contributed by atoms with E-state index in [1.807, 2.05) is 54.6 Å². The number of hydrogen-bond acceptors (Lipinski definition) is 5. The number of benzene rings is 2. The van der Waals surface area contributed by atoms with Crippen LogP contribution in [0.15, 0.2) is 66.4 Å². The first-order valence-corrected chi connectivity index (χ1v) is 7.53.